The van der Waals surface area contributed by atoms with Crippen LogP contribution in [0.3, 0.4) is 0 Å². The summed E-state index contributed by atoms with van der Waals surface area (Å²) in [6.45, 7) is 4.16. The molecular weight excluding hydrogens is 282 g/mol. The first-order chi connectivity index (χ1) is 10.5. The van der Waals surface area contributed by atoms with Crippen molar-refractivity contribution in [1.29, 1.82) is 0 Å². The summed E-state index contributed by atoms with van der Waals surface area (Å²) in [6.07, 6.45) is 4.65. The summed E-state index contributed by atoms with van der Waals surface area (Å²) in [6, 6.07) is -0.158. The summed E-state index contributed by atoms with van der Waals surface area (Å²) < 4.78 is 1.80. The lowest BCUT2D eigenvalue weighted by molar-refractivity contribution is -0.138. The molecule has 0 aliphatic carbocycles. The number of hydrogen-bond acceptors (Lipinski definition) is 4. The maximum absolute atomic E-state index is 12.0. The number of likely N-dealkylation sites (N-methyl/N-ethyl adjacent to an activating group) is 1. The van der Waals surface area contributed by atoms with Gasteiger partial charge in [-0.05, 0) is 12.3 Å². The summed E-state index contributed by atoms with van der Waals surface area (Å²) in [5, 5.41) is 6.87. The second-order valence-corrected chi connectivity index (χ2v) is 6.34. The lowest BCUT2D eigenvalue weighted by Gasteiger charge is -2.28. The number of likely N-dealkylation sites (tertiary alicyclic amines) is 2. The predicted octanol–water partition coefficient (Wildman–Crippen LogP) is -0.413. The van der Waals surface area contributed by atoms with E-state index in [2.05, 4.69) is 15.3 Å². The monoisotopic (exact) mass is 305 g/mol. The number of carbonyl (C=O) groups is 2. The second kappa shape index (κ2) is 5.72. The Kier molecular flexibility index (Phi) is 3.90. The van der Waals surface area contributed by atoms with Crippen molar-refractivity contribution in [1.82, 2.24) is 24.9 Å². The molecule has 7 heteroatoms. The van der Waals surface area contributed by atoms with E-state index in [1.54, 1.807) is 23.6 Å². The standard InChI is InChI=1S/C15H23N5O2/c1-10(21)20-13(15(22)16-2)4-12-8-19(9-14(12)20)7-11-5-17-18(3)6-11/h5-6,12-14H,4,7-9H2,1-3H3,(H,16,22)/t12-,13-,14+/m1/s1. The minimum atomic E-state index is -0.307. The Morgan fingerprint density at radius 1 is 1.41 bits per heavy atom. The van der Waals surface area contributed by atoms with Crippen molar-refractivity contribution in [2.45, 2.75) is 32.0 Å². The molecular formula is C15H23N5O2. The van der Waals surface area contributed by atoms with E-state index in [1.807, 2.05) is 19.4 Å². The van der Waals surface area contributed by atoms with Crippen molar-refractivity contribution in [2.75, 3.05) is 20.1 Å². The largest absolute Gasteiger partial charge is 0.357 e. The zero-order valence-electron chi connectivity index (χ0n) is 13.3. The second-order valence-electron chi connectivity index (χ2n) is 6.34. The lowest BCUT2D eigenvalue weighted by Crippen LogP contribution is -2.49. The van der Waals surface area contributed by atoms with Gasteiger partial charge in [-0.1, -0.05) is 0 Å². The van der Waals surface area contributed by atoms with Crippen LogP contribution >= 0.6 is 0 Å². The van der Waals surface area contributed by atoms with E-state index >= 15 is 0 Å². The van der Waals surface area contributed by atoms with Gasteiger partial charge < -0.3 is 10.2 Å². The SMILES string of the molecule is CNC(=O)[C@H]1C[C@@H]2CN(Cc3cnn(C)c3)C[C@@H]2N1C(C)=O. The smallest absolute Gasteiger partial charge is 0.242 e. The van der Waals surface area contributed by atoms with Crippen LogP contribution in [0.5, 0.6) is 0 Å². The Morgan fingerprint density at radius 3 is 2.77 bits per heavy atom. The molecule has 3 rings (SSSR count). The lowest BCUT2D eigenvalue weighted by atomic mass is 10.0. The minimum absolute atomic E-state index is 0.00988. The van der Waals surface area contributed by atoms with E-state index in [4.69, 9.17) is 0 Å². The molecule has 2 saturated heterocycles. The molecule has 0 saturated carbocycles. The van der Waals surface area contributed by atoms with Crippen LogP contribution in [0, 0.1) is 5.92 Å². The first-order valence-corrected chi connectivity index (χ1v) is 7.70. The number of nitrogens with zero attached hydrogens (tertiary/aromatic N) is 4. The molecule has 120 valence electrons. The van der Waals surface area contributed by atoms with Gasteiger partial charge in [-0.15, -0.1) is 0 Å². The van der Waals surface area contributed by atoms with Gasteiger partial charge in [0.1, 0.15) is 6.04 Å². The van der Waals surface area contributed by atoms with Crippen molar-refractivity contribution >= 4 is 11.8 Å². The Balaban J connectivity index is 1.69. The van der Waals surface area contributed by atoms with Gasteiger partial charge in [0.25, 0.3) is 0 Å². The van der Waals surface area contributed by atoms with Gasteiger partial charge in [0.05, 0.1) is 6.20 Å². The molecule has 2 fully saturated rings. The maximum Gasteiger partial charge on any atom is 0.242 e. The number of carbonyl (C=O) groups excluding carboxylic acids is 2. The molecule has 0 spiro atoms. The third-order valence-corrected chi connectivity index (χ3v) is 4.78. The van der Waals surface area contributed by atoms with E-state index in [1.165, 1.54) is 5.56 Å². The molecule has 2 aliphatic rings. The highest BCUT2D eigenvalue weighted by Crippen LogP contribution is 2.36. The maximum atomic E-state index is 12.0. The van der Waals surface area contributed by atoms with Crippen molar-refractivity contribution in [3.05, 3.63) is 18.0 Å². The number of hydrogen-bond donors (Lipinski definition) is 1. The molecule has 7 nitrogen and oxygen atoms in total. The molecule has 22 heavy (non-hydrogen) atoms. The molecule has 1 N–H and O–H groups in total. The van der Waals surface area contributed by atoms with E-state index in [9.17, 15) is 9.59 Å². The number of aromatic nitrogens is 2. The van der Waals surface area contributed by atoms with Crippen molar-refractivity contribution in [3.63, 3.8) is 0 Å². The number of rotatable bonds is 3. The Labute approximate surface area is 130 Å². The van der Waals surface area contributed by atoms with Crippen LogP contribution in [-0.2, 0) is 23.2 Å². The fourth-order valence-corrected chi connectivity index (χ4v) is 3.91. The highest BCUT2D eigenvalue weighted by molar-refractivity contribution is 5.87. The normalized spacial score (nSPS) is 28.0. The van der Waals surface area contributed by atoms with E-state index in [-0.39, 0.29) is 23.9 Å². The minimum Gasteiger partial charge on any atom is -0.357 e. The van der Waals surface area contributed by atoms with Crippen LogP contribution in [0.1, 0.15) is 18.9 Å². The van der Waals surface area contributed by atoms with Gasteiger partial charge >= 0.3 is 0 Å². The first-order valence-electron chi connectivity index (χ1n) is 7.70. The molecule has 1 aromatic heterocycles. The van der Waals surface area contributed by atoms with Gasteiger partial charge in [-0.3, -0.25) is 19.2 Å². The van der Waals surface area contributed by atoms with Crippen LogP contribution in [0.2, 0.25) is 0 Å². The van der Waals surface area contributed by atoms with Gasteiger partial charge in [-0.2, -0.15) is 5.10 Å². The number of amides is 2. The van der Waals surface area contributed by atoms with Crippen LogP contribution < -0.4 is 5.32 Å². The fraction of sp³-hybridized carbons (Fsp3) is 0.667. The Bertz CT molecular complexity index is 584. The van der Waals surface area contributed by atoms with Crippen LogP contribution in [-0.4, -0.2) is 63.6 Å². The molecule has 1 aromatic rings. The summed E-state index contributed by atoms with van der Waals surface area (Å²) in [5.41, 5.74) is 1.18. The summed E-state index contributed by atoms with van der Waals surface area (Å²) >= 11 is 0. The van der Waals surface area contributed by atoms with Crippen LogP contribution in [0.15, 0.2) is 12.4 Å². The molecule has 0 bridgehead atoms. The highest BCUT2D eigenvalue weighted by Gasteiger charge is 2.49. The zero-order valence-corrected chi connectivity index (χ0v) is 13.3. The van der Waals surface area contributed by atoms with E-state index < -0.39 is 0 Å². The average Bonchev–Trinajstić information content (AvgIpc) is 3.11. The molecule has 0 aromatic carbocycles. The number of aryl methyl sites for hydroxylation is 1. The summed E-state index contributed by atoms with van der Waals surface area (Å²) in [4.78, 5) is 28.1. The molecule has 0 unspecified atom stereocenters. The average molecular weight is 305 g/mol. The highest BCUT2D eigenvalue weighted by atomic mass is 16.2. The van der Waals surface area contributed by atoms with Crippen LogP contribution in [0.25, 0.3) is 0 Å². The van der Waals surface area contributed by atoms with Crippen LogP contribution in [0.4, 0.5) is 0 Å². The van der Waals surface area contributed by atoms with E-state index in [0.29, 0.717) is 5.92 Å². The summed E-state index contributed by atoms with van der Waals surface area (Å²) in [5.74, 6) is 0.315. The molecule has 2 aliphatic heterocycles. The van der Waals surface area contributed by atoms with Gasteiger partial charge in [0.15, 0.2) is 0 Å². The fourth-order valence-electron chi connectivity index (χ4n) is 3.91. The third kappa shape index (κ3) is 2.61. The summed E-state index contributed by atoms with van der Waals surface area (Å²) in [7, 11) is 3.54. The van der Waals surface area contributed by atoms with Crippen molar-refractivity contribution in [2.24, 2.45) is 13.0 Å². The first kappa shape index (κ1) is 15.0. The molecule has 2 amide bonds. The van der Waals surface area contributed by atoms with E-state index in [0.717, 1.165) is 26.1 Å². The van der Waals surface area contributed by atoms with Crippen molar-refractivity contribution < 1.29 is 9.59 Å². The number of nitrogens with one attached hydrogen (secondary N) is 1. The molecule has 0 radical (unpaired) electrons. The van der Waals surface area contributed by atoms with Crippen molar-refractivity contribution in [3.8, 4) is 0 Å². The number of fused-ring (bicyclic) bond motifs is 1. The Morgan fingerprint density at radius 2 is 2.18 bits per heavy atom. The Hall–Kier alpha value is -1.89. The quantitative estimate of drug-likeness (QED) is 0.824. The predicted molar refractivity (Wildman–Crippen MR) is 80.8 cm³/mol. The van der Waals surface area contributed by atoms with Gasteiger partial charge in [-0.25, -0.2) is 0 Å². The zero-order chi connectivity index (χ0) is 15.9. The molecule has 3 atom stereocenters. The topological polar surface area (TPSA) is 70.5 Å². The third-order valence-electron chi connectivity index (χ3n) is 4.78. The molecule has 3 heterocycles. The van der Waals surface area contributed by atoms with Gasteiger partial charge in [0.2, 0.25) is 11.8 Å². The van der Waals surface area contributed by atoms with Gasteiger partial charge in [0, 0.05) is 58.5 Å².